The van der Waals surface area contributed by atoms with Crippen LogP contribution in [0.5, 0.6) is 0 Å². The van der Waals surface area contributed by atoms with Crippen LogP contribution >= 0.6 is 0 Å². The fraction of sp³-hybridized carbons (Fsp3) is 0.474. The number of rotatable bonds is 8. The number of hydrogen-bond acceptors (Lipinski definition) is 3. The highest BCUT2D eigenvalue weighted by Crippen LogP contribution is 2.21. The van der Waals surface area contributed by atoms with Crippen LogP contribution in [0, 0.1) is 5.92 Å². The molecule has 2 amide bonds. The molecule has 5 nitrogen and oxygen atoms in total. The molecule has 0 aliphatic heterocycles. The average Bonchev–Trinajstić information content (AvgIpc) is 2.51. The number of aliphatic hydroxyl groups is 1. The minimum Gasteiger partial charge on any atom is -0.396 e. The first-order chi connectivity index (χ1) is 11.2. The Morgan fingerprint density at radius 3 is 2.21 bits per heavy atom. The highest BCUT2D eigenvalue weighted by Gasteiger charge is 2.19. The molecule has 0 aliphatic rings. The number of amides is 2. The Hall–Kier alpha value is -2.14. The van der Waals surface area contributed by atoms with E-state index in [1.54, 1.807) is 12.1 Å². The van der Waals surface area contributed by atoms with Crippen molar-refractivity contribution in [2.45, 2.75) is 39.7 Å². The van der Waals surface area contributed by atoms with Crippen LogP contribution in [-0.4, -0.2) is 35.6 Å². The molecule has 132 valence electrons. The van der Waals surface area contributed by atoms with Crippen molar-refractivity contribution in [2.24, 2.45) is 5.92 Å². The molecule has 0 atom stereocenters. The van der Waals surface area contributed by atoms with E-state index >= 15 is 0 Å². The van der Waals surface area contributed by atoms with Crippen LogP contribution in [0.3, 0.4) is 0 Å². The molecule has 0 saturated heterocycles. The van der Waals surface area contributed by atoms with Gasteiger partial charge < -0.3 is 15.7 Å². The monoisotopic (exact) mass is 332 g/mol. The highest BCUT2D eigenvalue weighted by molar-refractivity contribution is 5.96. The van der Waals surface area contributed by atoms with E-state index in [4.69, 9.17) is 5.11 Å². The zero-order chi connectivity index (χ0) is 18.3. The van der Waals surface area contributed by atoms with E-state index in [0.717, 1.165) is 11.1 Å². The summed E-state index contributed by atoms with van der Waals surface area (Å²) in [4.78, 5) is 24.0. The van der Waals surface area contributed by atoms with Gasteiger partial charge in [-0.05, 0) is 49.5 Å². The molecule has 0 fully saturated rings. The van der Waals surface area contributed by atoms with E-state index < -0.39 is 5.54 Å². The van der Waals surface area contributed by atoms with Gasteiger partial charge in [0.1, 0.15) is 0 Å². The van der Waals surface area contributed by atoms with Gasteiger partial charge in [0.2, 0.25) is 5.91 Å². The fourth-order valence-electron chi connectivity index (χ4n) is 2.20. The Balaban J connectivity index is 2.57. The predicted molar refractivity (Wildman–Crippen MR) is 96.6 cm³/mol. The second-order valence-electron chi connectivity index (χ2n) is 6.85. The van der Waals surface area contributed by atoms with E-state index in [-0.39, 0.29) is 25.0 Å². The third kappa shape index (κ3) is 6.16. The SMILES string of the molecule is C=C(c1ccc(C(=O)NCC(=O)NC(C)(C)CCO)cc1)C(C)C. The van der Waals surface area contributed by atoms with Crippen LogP contribution in [0.2, 0.25) is 0 Å². The second-order valence-corrected chi connectivity index (χ2v) is 6.85. The van der Waals surface area contributed by atoms with E-state index in [2.05, 4.69) is 31.1 Å². The van der Waals surface area contributed by atoms with Gasteiger partial charge in [0.05, 0.1) is 6.54 Å². The molecule has 5 heteroatoms. The third-order valence-electron chi connectivity index (χ3n) is 3.84. The molecule has 0 radical (unpaired) electrons. The first kappa shape index (κ1) is 19.9. The number of benzene rings is 1. The van der Waals surface area contributed by atoms with Crippen LogP contribution in [0.15, 0.2) is 30.8 Å². The van der Waals surface area contributed by atoms with E-state index in [0.29, 0.717) is 17.9 Å². The summed E-state index contributed by atoms with van der Waals surface area (Å²) in [6.07, 6.45) is 0.452. The summed E-state index contributed by atoms with van der Waals surface area (Å²) in [5, 5.41) is 14.3. The number of carbonyl (C=O) groups is 2. The van der Waals surface area contributed by atoms with Crippen molar-refractivity contribution in [1.82, 2.24) is 10.6 Å². The number of aliphatic hydroxyl groups excluding tert-OH is 1. The fourth-order valence-corrected chi connectivity index (χ4v) is 2.20. The molecular formula is C19H28N2O3. The lowest BCUT2D eigenvalue weighted by Crippen LogP contribution is -2.48. The number of nitrogens with one attached hydrogen (secondary N) is 2. The summed E-state index contributed by atoms with van der Waals surface area (Å²) in [7, 11) is 0. The smallest absolute Gasteiger partial charge is 0.251 e. The van der Waals surface area contributed by atoms with Crippen molar-refractivity contribution in [2.75, 3.05) is 13.2 Å². The Bertz CT molecular complexity index is 589. The van der Waals surface area contributed by atoms with Crippen molar-refractivity contribution in [3.05, 3.63) is 42.0 Å². The van der Waals surface area contributed by atoms with Crippen molar-refractivity contribution >= 4 is 17.4 Å². The molecule has 1 aromatic carbocycles. The Kier molecular flexibility index (Phi) is 7.17. The molecule has 0 spiro atoms. The maximum absolute atomic E-state index is 12.1. The van der Waals surface area contributed by atoms with Crippen molar-refractivity contribution in [1.29, 1.82) is 0 Å². The molecule has 0 heterocycles. The molecular weight excluding hydrogens is 304 g/mol. The van der Waals surface area contributed by atoms with Crippen LogP contribution in [0.25, 0.3) is 5.57 Å². The average molecular weight is 332 g/mol. The topological polar surface area (TPSA) is 78.4 Å². The lowest BCUT2D eigenvalue weighted by molar-refractivity contribution is -0.121. The zero-order valence-electron chi connectivity index (χ0n) is 15.0. The van der Waals surface area contributed by atoms with Gasteiger partial charge in [-0.3, -0.25) is 9.59 Å². The summed E-state index contributed by atoms with van der Waals surface area (Å²) in [6, 6.07) is 7.18. The molecule has 3 N–H and O–H groups in total. The van der Waals surface area contributed by atoms with Crippen LogP contribution < -0.4 is 10.6 Å². The Morgan fingerprint density at radius 2 is 1.71 bits per heavy atom. The molecule has 0 aliphatic carbocycles. The molecule has 0 bridgehead atoms. The maximum Gasteiger partial charge on any atom is 0.251 e. The maximum atomic E-state index is 12.1. The van der Waals surface area contributed by atoms with Gasteiger partial charge in [-0.15, -0.1) is 0 Å². The molecule has 1 aromatic rings. The molecule has 1 rings (SSSR count). The van der Waals surface area contributed by atoms with E-state index in [1.807, 2.05) is 26.0 Å². The van der Waals surface area contributed by atoms with E-state index in [1.165, 1.54) is 0 Å². The molecule has 24 heavy (non-hydrogen) atoms. The van der Waals surface area contributed by atoms with Crippen molar-refractivity contribution < 1.29 is 14.7 Å². The van der Waals surface area contributed by atoms with Crippen LogP contribution in [-0.2, 0) is 4.79 Å². The lowest BCUT2D eigenvalue weighted by Gasteiger charge is -2.25. The third-order valence-corrected chi connectivity index (χ3v) is 3.84. The molecule has 0 unspecified atom stereocenters. The van der Waals surface area contributed by atoms with Gasteiger partial charge in [0.15, 0.2) is 0 Å². The van der Waals surface area contributed by atoms with Gasteiger partial charge in [0.25, 0.3) is 5.91 Å². The summed E-state index contributed by atoms with van der Waals surface area (Å²) in [5.74, 6) is -0.242. The largest absolute Gasteiger partial charge is 0.396 e. The van der Waals surface area contributed by atoms with E-state index in [9.17, 15) is 9.59 Å². The Labute approximate surface area is 144 Å². The minimum atomic E-state index is -0.505. The van der Waals surface area contributed by atoms with Crippen molar-refractivity contribution in [3.63, 3.8) is 0 Å². The summed E-state index contributed by atoms with van der Waals surface area (Å²) < 4.78 is 0. The van der Waals surface area contributed by atoms with Crippen molar-refractivity contribution in [3.8, 4) is 0 Å². The van der Waals surface area contributed by atoms with Gasteiger partial charge >= 0.3 is 0 Å². The van der Waals surface area contributed by atoms with Crippen LogP contribution in [0.4, 0.5) is 0 Å². The molecule has 0 aromatic heterocycles. The van der Waals surface area contributed by atoms with Gasteiger partial charge in [-0.1, -0.05) is 32.6 Å². The summed E-state index contributed by atoms with van der Waals surface area (Å²) >= 11 is 0. The summed E-state index contributed by atoms with van der Waals surface area (Å²) in [5.41, 5.74) is 2.02. The quantitative estimate of drug-likeness (QED) is 0.684. The number of carbonyl (C=O) groups excluding carboxylic acids is 2. The van der Waals surface area contributed by atoms with Crippen LogP contribution in [0.1, 0.15) is 50.0 Å². The Morgan fingerprint density at radius 1 is 1.17 bits per heavy atom. The van der Waals surface area contributed by atoms with Gasteiger partial charge in [-0.2, -0.15) is 0 Å². The first-order valence-corrected chi connectivity index (χ1v) is 8.15. The number of allylic oxidation sites excluding steroid dienone is 1. The van der Waals surface area contributed by atoms with Gasteiger partial charge in [-0.25, -0.2) is 0 Å². The minimum absolute atomic E-state index is 0.00629. The first-order valence-electron chi connectivity index (χ1n) is 8.15. The molecule has 0 saturated carbocycles. The van der Waals surface area contributed by atoms with Gasteiger partial charge in [0, 0.05) is 17.7 Å². The summed E-state index contributed by atoms with van der Waals surface area (Å²) in [6.45, 7) is 11.7. The standard InChI is InChI=1S/C19H28N2O3/c1-13(2)14(3)15-6-8-16(9-7-15)18(24)20-12-17(23)21-19(4,5)10-11-22/h6-9,13,22H,3,10-12H2,1-2,4-5H3,(H,20,24)(H,21,23). The highest BCUT2D eigenvalue weighted by atomic mass is 16.3. The zero-order valence-corrected chi connectivity index (χ0v) is 15.0. The number of hydrogen-bond donors (Lipinski definition) is 3. The normalized spacial score (nSPS) is 11.2. The second kappa shape index (κ2) is 8.64. The lowest BCUT2D eigenvalue weighted by atomic mass is 9.96. The predicted octanol–water partition coefficient (Wildman–Crippen LogP) is 2.36.